The number of nitrogens with two attached hydrogens (primary N) is 1. The van der Waals surface area contributed by atoms with E-state index in [0.717, 1.165) is 19.4 Å². The van der Waals surface area contributed by atoms with Crippen LogP contribution >= 0.6 is 0 Å². The molecule has 0 bridgehead atoms. The predicted octanol–water partition coefficient (Wildman–Crippen LogP) is -0.845. The number of carbonyl (C=O) groups excluding carboxylic acids is 1. The van der Waals surface area contributed by atoms with Gasteiger partial charge in [-0.2, -0.15) is 0 Å². The molecule has 0 aliphatic carbocycles. The van der Waals surface area contributed by atoms with Gasteiger partial charge >= 0.3 is 0 Å². The quantitative estimate of drug-likeness (QED) is 0.696. The van der Waals surface area contributed by atoms with Crippen molar-refractivity contribution in [1.29, 1.82) is 0 Å². The second kappa shape index (κ2) is 4.93. The predicted molar refractivity (Wildman–Crippen MR) is 56.4 cm³/mol. The summed E-state index contributed by atoms with van der Waals surface area (Å²) in [5, 5.41) is 10.1. The highest BCUT2D eigenvalue weighted by Gasteiger charge is 2.16. The largest absolute Gasteiger partial charge is 0.381 e. The molecule has 1 atom stereocenters. The Labute approximate surface area is 92.9 Å². The molecule has 1 aliphatic rings. The Kier molecular flexibility index (Phi) is 3.35. The van der Waals surface area contributed by atoms with Gasteiger partial charge < -0.3 is 15.8 Å². The van der Waals surface area contributed by atoms with Crippen LogP contribution in [0, 0.1) is 0 Å². The topological polar surface area (TPSA) is 95.1 Å². The molecule has 3 N–H and O–H groups in total. The summed E-state index contributed by atoms with van der Waals surface area (Å²) in [6.45, 7) is 1.49. The van der Waals surface area contributed by atoms with Crippen molar-refractivity contribution >= 4 is 11.7 Å². The lowest BCUT2D eigenvalue weighted by atomic mass is 10.2. The van der Waals surface area contributed by atoms with Crippen LogP contribution in [-0.4, -0.2) is 40.2 Å². The second-order valence-electron chi connectivity index (χ2n) is 3.78. The number of rotatable bonds is 4. The third-order valence-electron chi connectivity index (χ3n) is 2.41. The highest BCUT2D eigenvalue weighted by molar-refractivity contribution is 5.75. The number of nitrogens with one attached hydrogen (secondary N) is 1. The number of anilines is 1. The van der Waals surface area contributed by atoms with Crippen molar-refractivity contribution in [3.05, 3.63) is 6.20 Å². The Hall–Kier alpha value is -1.63. The monoisotopic (exact) mass is 225 g/mol. The lowest BCUT2D eigenvalue weighted by Crippen LogP contribution is -2.34. The maximum atomic E-state index is 11.5. The molecule has 1 aromatic rings. The molecule has 1 fully saturated rings. The molecular formula is C9H15N5O2. The van der Waals surface area contributed by atoms with E-state index in [1.807, 2.05) is 0 Å². The number of carbonyl (C=O) groups is 1. The summed E-state index contributed by atoms with van der Waals surface area (Å²) in [6, 6.07) is 0. The Morgan fingerprint density at radius 2 is 2.62 bits per heavy atom. The first kappa shape index (κ1) is 10.9. The van der Waals surface area contributed by atoms with Crippen LogP contribution in [0.25, 0.3) is 0 Å². The van der Waals surface area contributed by atoms with Crippen LogP contribution in [-0.2, 0) is 16.1 Å². The van der Waals surface area contributed by atoms with Crippen LogP contribution in [0.4, 0.5) is 5.82 Å². The number of hydrogen-bond donors (Lipinski definition) is 2. The van der Waals surface area contributed by atoms with E-state index in [9.17, 15) is 4.79 Å². The molecule has 1 saturated heterocycles. The minimum absolute atomic E-state index is 0.111. The van der Waals surface area contributed by atoms with E-state index < -0.39 is 0 Å². The van der Waals surface area contributed by atoms with Crippen LogP contribution < -0.4 is 11.1 Å². The van der Waals surface area contributed by atoms with Crippen molar-refractivity contribution in [3.8, 4) is 0 Å². The van der Waals surface area contributed by atoms with Gasteiger partial charge in [0, 0.05) is 13.2 Å². The summed E-state index contributed by atoms with van der Waals surface area (Å²) in [5.74, 6) is 0.201. The Balaban J connectivity index is 1.71. The second-order valence-corrected chi connectivity index (χ2v) is 3.78. The SMILES string of the molecule is Nc1cn(CC(=O)NCC2CCCO2)nn1. The lowest BCUT2D eigenvalue weighted by molar-refractivity contribution is -0.122. The normalized spacial score (nSPS) is 19.9. The summed E-state index contributed by atoms with van der Waals surface area (Å²) in [5.41, 5.74) is 5.38. The first-order valence-electron chi connectivity index (χ1n) is 5.28. The zero-order chi connectivity index (χ0) is 11.4. The van der Waals surface area contributed by atoms with E-state index in [1.54, 1.807) is 0 Å². The molecule has 88 valence electrons. The van der Waals surface area contributed by atoms with Gasteiger partial charge in [0.25, 0.3) is 0 Å². The fourth-order valence-corrected chi connectivity index (χ4v) is 1.63. The van der Waals surface area contributed by atoms with Gasteiger partial charge in [0.15, 0.2) is 5.82 Å². The van der Waals surface area contributed by atoms with E-state index in [4.69, 9.17) is 10.5 Å². The fourth-order valence-electron chi connectivity index (χ4n) is 1.63. The van der Waals surface area contributed by atoms with Gasteiger partial charge in [-0.15, -0.1) is 5.10 Å². The van der Waals surface area contributed by atoms with Crippen molar-refractivity contribution in [1.82, 2.24) is 20.3 Å². The molecule has 1 aromatic heterocycles. The summed E-state index contributed by atoms with van der Waals surface area (Å²) in [7, 11) is 0. The van der Waals surface area contributed by atoms with E-state index in [-0.39, 0.29) is 18.6 Å². The number of hydrogen-bond acceptors (Lipinski definition) is 5. The summed E-state index contributed by atoms with van der Waals surface area (Å²) < 4.78 is 6.79. The van der Waals surface area contributed by atoms with Crippen molar-refractivity contribution in [2.24, 2.45) is 0 Å². The number of ether oxygens (including phenoxy) is 1. The van der Waals surface area contributed by atoms with Crippen LogP contribution in [0.5, 0.6) is 0 Å². The van der Waals surface area contributed by atoms with Gasteiger partial charge in [-0.25, -0.2) is 4.68 Å². The molecule has 0 saturated carbocycles. The first-order chi connectivity index (χ1) is 7.74. The van der Waals surface area contributed by atoms with Crippen molar-refractivity contribution in [3.63, 3.8) is 0 Å². The van der Waals surface area contributed by atoms with Gasteiger partial charge in [-0.1, -0.05) is 5.21 Å². The van der Waals surface area contributed by atoms with Crippen molar-refractivity contribution in [2.45, 2.75) is 25.5 Å². The minimum atomic E-state index is -0.111. The molecule has 2 heterocycles. The smallest absolute Gasteiger partial charge is 0.241 e. The lowest BCUT2D eigenvalue weighted by Gasteiger charge is -2.10. The molecule has 7 heteroatoms. The molecule has 2 rings (SSSR count). The van der Waals surface area contributed by atoms with Crippen LogP contribution in [0.1, 0.15) is 12.8 Å². The van der Waals surface area contributed by atoms with E-state index >= 15 is 0 Å². The standard InChI is InChI=1S/C9H15N5O2/c10-8-5-14(13-12-8)6-9(15)11-4-7-2-1-3-16-7/h5,7H,1-4,6,10H2,(H,11,15). The average Bonchev–Trinajstić information content (AvgIpc) is 2.87. The average molecular weight is 225 g/mol. The van der Waals surface area contributed by atoms with Crippen LogP contribution in [0.3, 0.4) is 0 Å². The van der Waals surface area contributed by atoms with Crippen molar-refractivity contribution < 1.29 is 9.53 Å². The van der Waals surface area contributed by atoms with Gasteiger partial charge in [0.05, 0.1) is 12.3 Å². The summed E-state index contributed by atoms with van der Waals surface area (Å²) in [4.78, 5) is 11.5. The number of nitrogens with zero attached hydrogens (tertiary/aromatic N) is 3. The Morgan fingerprint density at radius 1 is 1.75 bits per heavy atom. The van der Waals surface area contributed by atoms with E-state index in [1.165, 1.54) is 10.9 Å². The molecular weight excluding hydrogens is 210 g/mol. The first-order valence-corrected chi connectivity index (χ1v) is 5.28. The summed E-state index contributed by atoms with van der Waals surface area (Å²) in [6.07, 6.45) is 3.76. The summed E-state index contributed by atoms with van der Waals surface area (Å²) >= 11 is 0. The van der Waals surface area contributed by atoms with Crippen LogP contribution in [0.2, 0.25) is 0 Å². The van der Waals surface area contributed by atoms with E-state index in [2.05, 4.69) is 15.6 Å². The third-order valence-corrected chi connectivity index (χ3v) is 2.41. The number of nitrogen functional groups attached to an aromatic ring is 1. The van der Waals surface area contributed by atoms with Crippen LogP contribution in [0.15, 0.2) is 6.20 Å². The maximum absolute atomic E-state index is 11.5. The molecule has 1 unspecified atom stereocenters. The van der Waals surface area contributed by atoms with E-state index in [0.29, 0.717) is 12.4 Å². The fraction of sp³-hybridized carbons (Fsp3) is 0.667. The molecule has 16 heavy (non-hydrogen) atoms. The van der Waals surface area contributed by atoms with Gasteiger partial charge in [0.2, 0.25) is 5.91 Å². The molecule has 1 amide bonds. The Morgan fingerprint density at radius 3 is 3.25 bits per heavy atom. The zero-order valence-corrected chi connectivity index (χ0v) is 8.93. The van der Waals surface area contributed by atoms with Crippen molar-refractivity contribution in [2.75, 3.05) is 18.9 Å². The maximum Gasteiger partial charge on any atom is 0.241 e. The highest BCUT2D eigenvalue weighted by atomic mass is 16.5. The third kappa shape index (κ3) is 2.93. The Bertz CT molecular complexity index is 359. The van der Waals surface area contributed by atoms with Gasteiger partial charge in [0.1, 0.15) is 6.54 Å². The molecule has 7 nitrogen and oxygen atoms in total. The molecule has 1 aliphatic heterocycles. The highest BCUT2D eigenvalue weighted by Crippen LogP contribution is 2.10. The van der Waals surface area contributed by atoms with Gasteiger partial charge in [-0.05, 0) is 12.8 Å². The molecule has 0 radical (unpaired) electrons. The molecule has 0 aromatic carbocycles. The van der Waals surface area contributed by atoms with Gasteiger partial charge in [-0.3, -0.25) is 4.79 Å². The number of aromatic nitrogens is 3. The minimum Gasteiger partial charge on any atom is -0.381 e. The molecule has 0 spiro atoms. The zero-order valence-electron chi connectivity index (χ0n) is 8.93. The number of amides is 1.